The molecule has 1 heterocycles. The quantitative estimate of drug-likeness (QED) is 0.284. The molecule has 4 rings (SSSR count). The van der Waals surface area contributed by atoms with Crippen LogP contribution in [0.1, 0.15) is 18.9 Å². The molecule has 1 atom stereocenters. The van der Waals surface area contributed by atoms with Crippen LogP contribution in [0.2, 0.25) is 10.0 Å². The summed E-state index contributed by atoms with van der Waals surface area (Å²) < 4.78 is 45.1. The summed E-state index contributed by atoms with van der Waals surface area (Å²) >= 11 is 12.4. The summed E-state index contributed by atoms with van der Waals surface area (Å²) in [6, 6.07) is 14.4. The van der Waals surface area contributed by atoms with Gasteiger partial charge in [-0.05, 0) is 73.5 Å². The van der Waals surface area contributed by atoms with E-state index >= 15 is 0 Å². The second kappa shape index (κ2) is 12.5. The Morgan fingerprint density at radius 2 is 1.65 bits per heavy atom. The first kappa shape index (κ1) is 29.7. The van der Waals surface area contributed by atoms with E-state index in [0.29, 0.717) is 29.5 Å². The highest BCUT2D eigenvalue weighted by Crippen LogP contribution is 2.34. The highest BCUT2D eigenvalue weighted by molar-refractivity contribution is 7.89. The molecule has 0 aromatic heterocycles. The number of hydrogen-bond donors (Lipinski definition) is 0. The van der Waals surface area contributed by atoms with E-state index in [9.17, 15) is 18.0 Å². The van der Waals surface area contributed by atoms with Gasteiger partial charge in [-0.3, -0.25) is 9.59 Å². The molecule has 212 valence electrons. The minimum Gasteiger partial charge on any atom is -0.494 e. The molecule has 9 nitrogen and oxygen atoms in total. The van der Waals surface area contributed by atoms with Gasteiger partial charge in [-0.25, -0.2) is 13.3 Å². The number of halogens is 2. The lowest BCUT2D eigenvalue weighted by molar-refractivity contribution is -0.122. The third kappa shape index (κ3) is 6.05. The number of carbonyl (C=O) groups is 2. The average Bonchev–Trinajstić information content (AvgIpc) is 3.23. The number of anilines is 1. The predicted molar refractivity (Wildman–Crippen MR) is 152 cm³/mol. The molecule has 1 fully saturated rings. The molecule has 3 aromatic rings. The van der Waals surface area contributed by atoms with Crippen LogP contribution in [-0.2, 0) is 26.0 Å². The van der Waals surface area contributed by atoms with Crippen molar-refractivity contribution in [3.8, 4) is 17.2 Å². The van der Waals surface area contributed by atoms with Gasteiger partial charge in [-0.1, -0.05) is 29.3 Å². The van der Waals surface area contributed by atoms with Crippen LogP contribution in [0.3, 0.4) is 0 Å². The maximum atomic E-state index is 14.0. The molecule has 0 saturated carbocycles. The molecule has 0 bridgehead atoms. The van der Waals surface area contributed by atoms with E-state index < -0.39 is 27.9 Å². The third-order valence-electron chi connectivity index (χ3n) is 6.43. The zero-order chi connectivity index (χ0) is 29.0. The normalized spacial score (nSPS) is 15.6. The van der Waals surface area contributed by atoms with Crippen LogP contribution in [0.15, 0.2) is 65.6 Å². The van der Waals surface area contributed by atoms with Gasteiger partial charge in [0.1, 0.15) is 16.7 Å². The van der Waals surface area contributed by atoms with E-state index in [-0.39, 0.29) is 34.3 Å². The standard InChI is InChI=1S/C28H28Cl2N2O7S/c1-4-39-21-9-7-20(8-10-21)32-27(33)17-23(28(32)34)31(40(35,36)26-16-19(29)6-11-22(26)30)14-13-18-5-12-24(37-2)25(15-18)38-3/h5-12,15-16,23H,4,13-14,17H2,1-3H3. The van der Waals surface area contributed by atoms with Crippen molar-refractivity contribution in [1.29, 1.82) is 0 Å². The molecule has 1 aliphatic rings. The van der Waals surface area contributed by atoms with Gasteiger partial charge in [0.05, 0.1) is 38.0 Å². The van der Waals surface area contributed by atoms with Crippen LogP contribution >= 0.6 is 23.2 Å². The Bertz CT molecular complexity index is 1510. The van der Waals surface area contributed by atoms with Crippen LogP contribution < -0.4 is 19.1 Å². The van der Waals surface area contributed by atoms with Crippen molar-refractivity contribution in [1.82, 2.24) is 4.31 Å². The number of carbonyl (C=O) groups excluding carboxylic acids is 2. The molecule has 0 aliphatic carbocycles. The number of benzene rings is 3. The highest BCUT2D eigenvalue weighted by atomic mass is 35.5. The Balaban J connectivity index is 1.70. The summed E-state index contributed by atoms with van der Waals surface area (Å²) in [6.45, 7) is 2.18. The number of methoxy groups -OCH3 is 2. The summed E-state index contributed by atoms with van der Waals surface area (Å²) in [6.07, 6.45) is -0.131. The number of hydrogen-bond acceptors (Lipinski definition) is 7. The van der Waals surface area contributed by atoms with E-state index in [1.165, 1.54) is 32.4 Å². The Labute approximate surface area is 243 Å². The van der Waals surface area contributed by atoms with Crippen LogP contribution in [0, 0.1) is 0 Å². The Morgan fingerprint density at radius 3 is 2.30 bits per heavy atom. The predicted octanol–water partition coefficient (Wildman–Crippen LogP) is 4.97. The van der Waals surface area contributed by atoms with Gasteiger partial charge in [0.15, 0.2) is 11.5 Å². The van der Waals surface area contributed by atoms with Crippen molar-refractivity contribution in [3.05, 3.63) is 76.3 Å². The minimum atomic E-state index is -4.37. The fourth-order valence-corrected chi connectivity index (χ4v) is 6.81. The van der Waals surface area contributed by atoms with Crippen molar-refractivity contribution in [2.75, 3.05) is 32.3 Å². The maximum absolute atomic E-state index is 14.0. The first-order valence-electron chi connectivity index (χ1n) is 12.4. The zero-order valence-electron chi connectivity index (χ0n) is 22.1. The van der Waals surface area contributed by atoms with Crippen molar-refractivity contribution in [2.45, 2.75) is 30.7 Å². The maximum Gasteiger partial charge on any atom is 0.252 e. The molecule has 1 unspecified atom stereocenters. The Kier molecular flexibility index (Phi) is 9.25. The minimum absolute atomic E-state index is 0.0549. The van der Waals surface area contributed by atoms with Gasteiger partial charge < -0.3 is 14.2 Å². The van der Waals surface area contributed by atoms with E-state index in [2.05, 4.69) is 0 Å². The molecule has 1 saturated heterocycles. The molecule has 1 aliphatic heterocycles. The number of ether oxygens (including phenoxy) is 3. The van der Waals surface area contributed by atoms with Crippen LogP contribution in [0.25, 0.3) is 0 Å². The van der Waals surface area contributed by atoms with Gasteiger partial charge in [-0.2, -0.15) is 4.31 Å². The first-order chi connectivity index (χ1) is 19.1. The Hall–Kier alpha value is -3.31. The smallest absolute Gasteiger partial charge is 0.252 e. The lowest BCUT2D eigenvalue weighted by Crippen LogP contribution is -2.46. The summed E-state index contributed by atoms with van der Waals surface area (Å²) in [5.41, 5.74) is 1.05. The van der Waals surface area contributed by atoms with E-state index in [4.69, 9.17) is 37.4 Å². The van der Waals surface area contributed by atoms with Gasteiger partial charge in [0.2, 0.25) is 15.9 Å². The second-order valence-corrected chi connectivity index (χ2v) is 11.5. The van der Waals surface area contributed by atoms with Crippen LogP contribution in [0.4, 0.5) is 5.69 Å². The number of imide groups is 1. The molecular weight excluding hydrogens is 579 g/mol. The van der Waals surface area contributed by atoms with Gasteiger partial charge >= 0.3 is 0 Å². The molecule has 3 aromatic carbocycles. The molecule has 0 radical (unpaired) electrons. The van der Waals surface area contributed by atoms with Gasteiger partial charge in [0, 0.05) is 11.6 Å². The SMILES string of the molecule is CCOc1ccc(N2C(=O)CC(N(CCc3ccc(OC)c(OC)c3)S(=O)(=O)c3cc(Cl)ccc3Cl)C2=O)cc1. The topological polar surface area (TPSA) is 102 Å². The summed E-state index contributed by atoms with van der Waals surface area (Å²) in [4.78, 5) is 27.5. The van der Waals surface area contributed by atoms with Gasteiger partial charge in [0.25, 0.3) is 5.91 Å². The van der Waals surface area contributed by atoms with E-state index in [1.807, 2.05) is 6.92 Å². The summed E-state index contributed by atoms with van der Waals surface area (Å²) in [7, 11) is -1.36. The molecule has 0 spiro atoms. The number of sulfonamides is 1. The van der Waals surface area contributed by atoms with Crippen molar-refractivity contribution in [2.24, 2.45) is 0 Å². The fourth-order valence-electron chi connectivity index (χ4n) is 4.49. The lowest BCUT2D eigenvalue weighted by Gasteiger charge is -2.27. The fraction of sp³-hybridized carbons (Fsp3) is 0.286. The molecule has 2 amide bonds. The number of amides is 2. The van der Waals surface area contributed by atoms with Crippen molar-refractivity contribution < 1.29 is 32.2 Å². The van der Waals surface area contributed by atoms with Crippen molar-refractivity contribution >= 4 is 50.7 Å². The monoisotopic (exact) mass is 606 g/mol. The van der Waals surface area contributed by atoms with Crippen molar-refractivity contribution in [3.63, 3.8) is 0 Å². The Morgan fingerprint density at radius 1 is 0.950 bits per heavy atom. The molecule has 40 heavy (non-hydrogen) atoms. The number of rotatable bonds is 11. The summed E-state index contributed by atoms with van der Waals surface area (Å²) in [5, 5.41) is 0.105. The zero-order valence-corrected chi connectivity index (χ0v) is 24.4. The lowest BCUT2D eigenvalue weighted by atomic mass is 10.1. The summed E-state index contributed by atoms with van der Waals surface area (Å²) in [5.74, 6) is 0.382. The van der Waals surface area contributed by atoms with Crippen LogP contribution in [-0.4, -0.2) is 58.0 Å². The molecule has 12 heteroatoms. The molecular formula is C28H28Cl2N2O7S. The largest absolute Gasteiger partial charge is 0.494 e. The van der Waals surface area contributed by atoms with E-state index in [1.54, 1.807) is 42.5 Å². The van der Waals surface area contributed by atoms with Gasteiger partial charge in [-0.15, -0.1) is 0 Å². The average molecular weight is 608 g/mol. The van der Waals surface area contributed by atoms with E-state index in [0.717, 1.165) is 14.8 Å². The first-order valence-corrected chi connectivity index (χ1v) is 14.6. The number of nitrogens with zero attached hydrogens (tertiary/aromatic N) is 2. The second-order valence-electron chi connectivity index (χ2n) is 8.84. The molecule has 0 N–H and O–H groups in total. The third-order valence-corrected chi connectivity index (χ3v) is 9.05. The van der Waals surface area contributed by atoms with Crippen LogP contribution in [0.5, 0.6) is 17.2 Å². The highest BCUT2D eigenvalue weighted by Gasteiger charge is 2.47.